The molecule has 2 aliphatic carbocycles. The summed E-state index contributed by atoms with van der Waals surface area (Å²) in [5.41, 5.74) is 0.526. The fraction of sp³-hybridized carbons (Fsp3) is 1.00. The van der Waals surface area contributed by atoms with Crippen molar-refractivity contribution in [2.45, 2.75) is 56.9 Å². The zero-order chi connectivity index (χ0) is 10.8. The van der Waals surface area contributed by atoms with Crippen molar-refractivity contribution in [1.29, 1.82) is 0 Å². The molecule has 1 aliphatic heterocycles. The van der Waals surface area contributed by atoms with Crippen molar-refractivity contribution in [1.82, 2.24) is 10.2 Å². The number of hydrogen-bond acceptors (Lipinski definition) is 2. The van der Waals surface area contributed by atoms with Crippen LogP contribution in [0.4, 0.5) is 0 Å². The second-order valence-electron chi connectivity index (χ2n) is 6.28. The first kappa shape index (κ1) is 11.0. The van der Waals surface area contributed by atoms with Gasteiger partial charge < -0.3 is 10.2 Å². The molecule has 1 spiro atoms. The summed E-state index contributed by atoms with van der Waals surface area (Å²) in [6, 6.07) is 0. The molecule has 0 amide bonds. The summed E-state index contributed by atoms with van der Waals surface area (Å²) < 4.78 is 0. The van der Waals surface area contributed by atoms with Crippen molar-refractivity contribution in [2.24, 2.45) is 5.92 Å². The highest BCUT2D eigenvalue weighted by Crippen LogP contribution is 2.33. The molecule has 1 N–H and O–H groups in total. The lowest BCUT2D eigenvalue weighted by atomic mass is 9.82. The van der Waals surface area contributed by atoms with Crippen molar-refractivity contribution >= 4 is 0 Å². The van der Waals surface area contributed by atoms with Gasteiger partial charge in [-0.1, -0.05) is 32.1 Å². The Morgan fingerprint density at radius 2 is 1.94 bits per heavy atom. The molecule has 2 saturated carbocycles. The van der Waals surface area contributed by atoms with Gasteiger partial charge in [0, 0.05) is 25.2 Å². The van der Waals surface area contributed by atoms with Gasteiger partial charge in [-0.2, -0.15) is 0 Å². The quantitative estimate of drug-likeness (QED) is 0.789. The number of nitrogens with one attached hydrogen (secondary N) is 1. The molecule has 0 unspecified atom stereocenters. The Kier molecular flexibility index (Phi) is 3.21. The lowest BCUT2D eigenvalue weighted by molar-refractivity contribution is 0.120. The monoisotopic (exact) mass is 222 g/mol. The highest BCUT2D eigenvalue weighted by Gasteiger charge is 2.37. The average Bonchev–Trinajstić information content (AvgIpc) is 2.64. The topological polar surface area (TPSA) is 15.3 Å². The molecule has 0 bridgehead atoms. The molecule has 1 saturated heterocycles. The second kappa shape index (κ2) is 4.66. The molecule has 3 rings (SSSR count). The number of piperazine rings is 1. The SMILES string of the molecule is C1CC(CCN2CCNC3(CCCC3)C2)C1. The van der Waals surface area contributed by atoms with Crippen LogP contribution in [0.15, 0.2) is 0 Å². The fourth-order valence-electron chi connectivity index (χ4n) is 3.77. The van der Waals surface area contributed by atoms with E-state index in [1.807, 2.05) is 0 Å². The van der Waals surface area contributed by atoms with E-state index in [-0.39, 0.29) is 0 Å². The molecular weight excluding hydrogens is 196 g/mol. The molecule has 2 nitrogen and oxygen atoms in total. The summed E-state index contributed by atoms with van der Waals surface area (Å²) in [7, 11) is 0. The van der Waals surface area contributed by atoms with Crippen molar-refractivity contribution in [3.8, 4) is 0 Å². The molecule has 0 radical (unpaired) electrons. The Hall–Kier alpha value is -0.0800. The highest BCUT2D eigenvalue weighted by atomic mass is 15.2. The van der Waals surface area contributed by atoms with Crippen molar-refractivity contribution in [3.05, 3.63) is 0 Å². The van der Waals surface area contributed by atoms with E-state index in [9.17, 15) is 0 Å². The largest absolute Gasteiger partial charge is 0.309 e. The fourth-order valence-corrected chi connectivity index (χ4v) is 3.77. The summed E-state index contributed by atoms with van der Waals surface area (Å²) in [6.07, 6.45) is 11.7. The summed E-state index contributed by atoms with van der Waals surface area (Å²) in [5, 5.41) is 3.80. The first-order valence-corrected chi connectivity index (χ1v) is 7.34. The first-order valence-electron chi connectivity index (χ1n) is 7.34. The summed E-state index contributed by atoms with van der Waals surface area (Å²) >= 11 is 0. The van der Waals surface area contributed by atoms with Gasteiger partial charge in [0.15, 0.2) is 0 Å². The lowest BCUT2D eigenvalue weighted by Crippen LogP contribution is -2.59. The highest BCUT2D eigenvalue weighted by molar-refractivity contribution is 4.98. The van der Waals surface area contributed by atoms with Crippen LogP contribution in [0.3, 0.4) is 0 Å². The zero-order valence-corrected chi connectivity index (χ0v) is 10.5. The summed E-state index contributed by atoms with van der Waals surface area (Å²) in [6.45, 7) is 5.22. The second-order valence-corrected chi connectivity index (χ2v) is 6.28. The number of hydrogen-bond donors (Lipinski definition) is 1. The predicted octanol–water partition coefficient (Wildman–Crippen LogP) is 2.39. The smallest absolute Gasteiger partial charge is 0.0309 e. The molecule has 0 atom stereocenters. The van der Waals surface area contributed by atoms with Crippen LogP contribution in [-0.4, -0.2) is 36.6 Å². The minimum atomic E-state index is 0.526. The normalized spacial score (nSPS) is 30.8. The number of nitrogens with zero attached hydrogens (tertiary/aromatic N) is 1. The maximum Gasteiger partial charge on any atom is 0.0309 e. The van der Waals surface area contributed by atoms with Gasteiger partial charge in [0.05, 0.1) is 0 Å². The van der Waals surface area contributed by atoms with Crippen LogP contribution < -0.4 is 5.32 Å². The van der Waals surface area contributed by atoms with E-state index in [1.54, 1.807) is 0 Å². The van der Waals surface area contributed by atoms with E-state index in [1.165, 1.54) is 77.5 Å². The molecule has 92 valence electrons. The van der Waals surface area contributed by atoms with Gasteiger partial charge in [-0.3, -0.25) is 0 Å². The van der Waals surface area contributed by atoms with Gasteiger partial charge in [0.1, 0.15) is 0 Å². The molecule has 3 aliphatic rings. The van der Waals surface area contributed by atoms with E-state index in [0.717, 1.165) is 5.92 Å². The number of rotatable bonds is 3. The summed E-state index contributed by atoms with van der Waals surface area (Å²) in [5.74, 6) is 1.08. The maximum absolute atomic E-state index is 3.80. The summed E-state index contributed by atoms with van der Waals surface area (Å²) in [4.78, 5) is 2.74. The van der Waals surface area contributed by atoms with Crippen molar-refractivity contribution in [2.75, 3.05) is 26.2 Å². The van der Waals surface area contributed by atoms with E-state index in [0.29, 0.717) is 5.54 Å². The van der Waals surface area contributed by atoms with Crippen LogP contribution in [0, 0.1) is 5.92 Å². The Morgan fingerprint density at radius 3 is 2.62 bits per heavy atom. The molecule has 0 aromatic heterocycles. The van der Waals surface area contributed by atoms with Crippen LogP contribution >= 0.6 is 0 Å². The molecule has 3 fully saturated rings. The van der Waals surface area contributed by atoms with E-state index >= 15 is 0 Å². The Balaban J connectivity index is 1.47. The maximum atomic E-state index is 3.80. The zero-order valence-electron chi connectivity index (χ0n) is 10.5. The Morgan fingerprint density at radius 1 is 1.12 bits per heavy atom. The van der Waals surface area contributed by atoms with E-state index in [4.69, 9.17) is 0 Å². The minimum Gasteiger partial charge on any atom is -0.309 e. The van der Waals surface area contributed by atoms with Gasteiger partial charge in [-0.15, -0.1) is 0 Å². The minimum absolute atomic E-state index is 0.526. The first-order chi connectivity index (χ1) is 7.86. The Bertz CT molecular complexity index is 229. The third kappa shape index (κ3) is 2.28. The van der Waals surface area contributed by atoms with Crippen LogP contribution in [0.2, 0.25) is 0 Å². The molecule has 2 heteroatoms. The lowest BCUT2D eigenvalue weighted by Gasteiger charge is -2.42. The third-order valence-corrected chi connectivity index (χ3v) is 5.09. The predicted molar refractivity (Wildman–Crippen MR) is 67.6 cm³/mol. The standard InChI is InChI=1S/C14H26N2/c1-2-8-14(7-1)12-16(11-9-15-14)10-6-13-4-3-5-13/h13,15H,1-12H2. The van der Waals surface area contributed by atoms with Crippen LogP contribution in [-0.2, 0) is 0 Å². The van der Waals surface area contributed by atoms with Crippen molar-refractivity contribution in [3.63, 3.8) is 0 Å². The molecule has 0 aromatic rings. The molecule has 0 aromatic carbocycles. The molecular formula is C14H26N2. The van der Waals surface area contributed by atoms with Crippen LogP contribution in [0.1, 0.15) is 51.4 Å². The van der Waals surface area contributed by atoms with Gasteiger partial charge >= 0.3 is 0 Å². The van der Waals surface area contributed by atoms with Crippen LogP contribution in [0.5, 0.6) is 0 Å². The van der Waals surface area contributed by atoms with Gasteiger partial charge in [-0.25, -0.2) is 0 Å². The van der Waals surface area contributed by atoms with Crippen molar-refractivity contribution < 1.29 is 0 Å². The molecule has 16 heavy (non-hydrogen) atoms. The third-order valence-electron chi connectivity index (χ3n) is 5.09. The van der Waals surface area contributed by atoms with Gasteiger partial charge in [0.2, 0.25) is 0 Å². The van der Waals surface area contributed by atoms with E-state index < -0.39 is 0 Å². The van der Waals surface area contributed by atoms with E-state index in [2.05, 4.69) is 10.2 Å². The van der Waals surface area contributed by atoms with Gasteiger partial charge in [0.25, 0.3) is 0 Å². The average molecular weight is 222 g/mol. The Labute approximate surface area is 99.8 Å². The van der Waals surface area contributed by atoms with Gasteiger partial charge in [-0.05, 0) is 31.7 Å². The molecule has 1 heterocycles. The van der Waals surface area contributed by atoms with Crippen LogP contribution in [0.25, 0.3) is 0 Å².